The zero-order valence-electron chi connectivity index (χ0n) is 8.58. The summed E-state index contributed by atoms with van der Waals surface area (Å²) in [5, 5.41) is 13.3. The van der Waals surface area contributed by atoms with Gasteiger partial charge >= 0.3 is 5.97 Å². The van der Waals surface area contributed by atoms with Crippen LogP contribution in [0.4, 0.5) is 0 Å². The Bertz CT molecular complexity index is 392. The molecule has 0 aliphatic heterocycles. The minimum absolute atomic E-state index is 0.574. The second-order valence-electron chi connectivity index (χ2n) is 3.34. The quantitative estimate of drug-likeness (QED) is 0.786. The van der Waals surface area contributed by atoms with Crippen LogP contribution in [0.3, 0.4) is 0 Å². The molecule has 1 rings (SSSR count). The summed E-state index contributed by atoms with van der Waals surface area (Å²) >= 11 is 9.89. The molecular formula is C9H11Br3N2O2. The van der Waals surface area contributed by atoms with Crippen LogP contribution >= 0.6 is 47.8 Å². The van der Waals surface area contributed by atoms with Crippen LogP contribution in [0.15, 0.2) is 13.7 Å². The molecule has 0 aliphatic carbocycles. The highest BCUT2D eigenvalue weighted by molar-refractivity contribution is 9.14. The topological polar surface area (TPSA) is 55.1 Å². The molecule has 0 aliphatic rings. The molecule has 0 spiro atoms. The van der Waals surface area contributed by atoms with Crippen molar-refractivity contribution in [2.45, 2.75) is 32.2 Å². The number of hydrogen-bond acceptors (Lipinski definition) is 2. The summed E-state index contributed by atoms with van der Waals surface area (Å²) in [6.45, 7) is 2.03. The molecule has 0 radical (unpaired) electrons. The highest BCUT2D eigenvalue weighted by atomic mass is 79.9. The summed E-state index contributed by atoms with van der Waals surface area (Å²) in [5.74, 6) is -0.864. The van der Waals surface area contributed by atoms with Gasteiger partial charge in [0.2, 0.25) is 0 Å². The highest BCUT2D eigenvalue weighted by Gasteiger charge is 2.24. The number of carbonyl (C=O) groups is 1. The standard InChI is InChI=1S/C9H11Br3N2O2/c1-2-3-4-5(9(15)16)14-8(12)6(10)7(11)13-14/h5H,2-4H2,1H3,(H,15,16). The van der Waals surface area contributed by atoms with Gasteiger partial charge in [0.1, 0.15) is 9.21 Å². The Kier molecular flexibility index (Phi) is 5.46. The average molecular weight is 419 g/mol. The largest absolute Gasteiger partial charge is 0.480 e. The number of unbranched alkanes of at least 4 members (excludes halogenated alkanes) is 1. The van der Waals surface area contributed by atoms with Crippen molar-refractivity contribution in [3.63, 3.8) is 0 Å². The van der Waals surface area contributed by atoms with Crippen LogP contribution in [0.1, 0.15) is 32.2 Å². The highest BCUT2D eigenvalue weighted by Crippen LogP contribution is 2.33. The van der Waals surface area contributed by atoms with Gasteiger partial charge in [-0.15, -0.1) is 0 Å². The summed E-state index contributed by atoms with van der Waals surface area (Å²) in [6.07, 6.45) is 2.40. The van der Waals surface area contributed by atoms with Gasteiger partial charge in [0.05, 0.1) is 4.47 Å². The first-order chi connectivity index (χ1) is 7.49. The van der Waals surface area contributed by atoms with Gasteiger partial charge < -0.3 is 5.11 Å². The molecule has 0 bridgehead atoms. The van der Waals surface area contributed by atoms with Gasteiger partial charge in [0.25, 0.3) is 0 Å². The maximum absolute atomic E-state index is 11.2. The van der Waals surface area contributed by atoms with E-state index in [0.29, 0.717) is 15.6 Å². The fourth-order valence-electron chi connectivity index (χ4n) is 1.32. The third kappa shape index (κ3) is 3.07. The van der Waals surface area contributed by atoms with E-state index >= 15 is 0 Å². The lowest BCUT2D eigenvalue weighted by Crippen LogP contribution is -2.20. The van der Waals surface area contributed by atoms with Crippen molar-refractivity contribution in [3.8, 4) is 0 Å². The van der Waals surface area contributed by atoms with Gasteiger partial charge in [-0.2, -0.15) is 5.10 Å². The van der Waals surface area contributed by atoms with Crippen LogP contribution in [0.5, 0.6) is 0 Å². The molecule has 0 saturated heterocycles. The average Bonchev–Trinajstić information content (AvgIpc) is 2.47. The number of carboxylic acid groups (broad SMARTS) is 1. The summed E-state index contributed by atoms with van der Waals surface area (Å²) in [6, 6.07) is -0.628. The van der Waals surface area contributed by atoms with E-state index in [-0.39, 0.29) is 0 Å². The smallest absolute Gasteiger partial charge is 0.328 e. The third-order valence-corrected chi connectivity index (χ3v) is 5.30. The molecule has 16 heavy (non-hydrogen) atoms. The molecule has 7 heteroatoms. The van der Waals surface area contributed by atoms with Crippen molar-refractivity contribution in [2.24, 2.45) is 0 Å². The first-order valence-corrected chi connectivity index (χ1v) is 7.18. The Balaban J connectivity index is 3.01. The lowest BCUT2D eigenvalue weighted by atomic mass is 10.1. The van der Waals surface area contributed by atoms with Crippen LogP contribution in [0, 0.1) is 0 Å². The summed E-state index contributed by atoms with van der Waals surface area (Å²) in [5.41, 5.74) is 0. The van der Waals surface area contributed by atoms with Crippen LogP contribution in [-0.4, -0.2) is 20.9 Å². The van der Waals surface area contributed by atoms with E-state index in [1.54, 1.807) is 0 Å². The van der Waals surface area contributed by atoms with E-state index in [0.717, 1.165) is 17.3 Å². The van der Waals surface area contributed by atoms with Gasteiger partial charge in [-0.3, -0.25) is 0 Å². The molecule has 90 valence electrons. The summed E-state index contributed by atoms with van der Waals surface area (Å²) in [4.78, 5) is 11.2. The Morgan fingerprint density at radius 3 is 2.50 bits per heavy atom. The van der Waals surface area contributed by atoms with Gasteiger partial charge in [-0.1, -0.05) is 19.8 Å². The van der Waals surface area contributed by atoms with Crippen LogP contribution < -0.4 is 0 Å². The molecule has 1 unspecified atom stereocenters. The Morgan fingerprint density at radius 1 is 1.50 bits per heavy atom. The van der Waals surface area contributed by atoms with Crippen molar-refractivity contribution in [2.75, 3.05) is 0 Å². The number of aliphatic carboxylic acids is 1. The number of aromatic nitrogens is 2. The molecule has 0 amide bonds. The van der Waals surface area contributed by atoms with Crippen molar-refractivity contribution >= 4 is 53.8 Å². The first-order valence-electron chi connectivity index (χ1n) is 4.80. The Hall–Kier alpha value is 0.120. The Morgan fingerprint density at radius 2 is 2.12 bits per heavy atom. The maximum atomic E-state index is 11.2. The van der Waals surface area contributed by atoms with Crippen molar-refractivity contribution < 1.29 is 9.90 Å². The summed E-state index contributed by atoms with van der Waals surface area (Å²) in [7, 11) is 0. The molecule has 1 atom stereocenters. The second-order valence-corrected chi connectivity index (χ2v) is 5.63. The van der Waals surface area contributed by atoms with Crippen molar-refractivity contribution in [1.82, 2.24) is 9.78 Å². The number of hydrogen-bond donors (Lipinski definition) is 1. The first kappa shape index (κ1) is 14.2. The zero-order chi connectivity index (χ0) is 12.3. The Labute approximate surface area is 119 Å². The molecular weight excluding hydrogens is 408 g/mol. The SMILES string of the molecule is CCCCC(C(=O)O)n1nc(Br)c(Br)c1Br. The molecule has 4 nitrogen and oxygen atoms in total. The van der Waals surface area contributed by atoms with Gasteiger partial charge in [-0.25, -0.2) is 9.48 Å². The number of rotatable bonds is 5. The molecule has 0 aromatic carbocycles. The molecule has 0 saturated carbocycles. The predicted molar refractivity (Wildman–Crippen MR) is 71.5 cm³/mol. The number of nitrogens with zero attached hydrogens (tertiary/aromatic N) is 2. The molecule has 1 N–H and O–H groups in total. The van der Waals surface area contributed by atoms with E-state index in [1.807, 2.05) is 6.92 Å². The van der Waals surface area contributed by atoms with Crippen molar-refractivity contribution in [3.05, 3.63) is 13.7 Å². The fraction of sp³-hybridized carbons (Fsp3) is 0.556. The number of halogens is 3. The third-order valence-electron chi connectivity index (χ3n) is 2.17. The fourth-order valence-corrected chi connectivity index (χ4v) is 2.72. The molecule has 0 fully saturated rings. The minimum Gasteiger partial charge on any atom is -0.480 e. The van der Waals surface area contributed by atoms with E-state index in [9.17, 15) is 4.79 Å². The molecule has 1 aromatic heterocycles. The minimum atomic E-state index is -0.864. The van der Waals surface area contributed by atoms with Crippen molar-refractivity contribution in [1.29, 1.82) is 0 Å². The van der Waals surface area contributed by atoms with E-state index in [1.165, 1.54) is 4.68 Å². The van der Waals surface area contributed by atoms with Crippen LogP contribution in [-0.2, 0) is 4.79 Å². The van der Waals surface area contributed by atoms with Gasteiger partial charge in [0, 0.05) is 0 Å². The predicted octanol–water partition coefficient (Wildman–Crippen LogP) is 3.99. The summed E-state index contributed by atoms with van der Waals surface area (Å²) < 4.78 is 3.45. The monoisotopic (exact) mass is 416 g/mol. The van der Waals surface area contributed by atoms with Gasteiger partial charge in [0.15, 0.2) is 6.04 Å². The zero-order valence-corrected chi connectivity index (χ0v) is 13.3. The lowest BCUT2D eigenvalue weighted by Gasteiger charge is -2.13. The molecule has 1 heterocycles. The van der Waals surface area contributed by atoms with Crippen LogP contribution in [0.2, 0.25) is 0 Å². The maximum Gasteiger partial charge on any atom is 0.328 e. The normalized spacial score (nSPS) is 12.8. The molecule has 1 aromatic rings. The van der Waals surface area contributed by atoms with E-state index in [2.05, 4.69) is 52.9 Å². The van der Waals surface area contributed by atoms with Gasteiger partial charge in [-0.05, 0) is 54.2 Å². The lowest BCUT2D eigenvalue weighted by molar-refractivity contribution is -0.141. The van der Waals surface area contributed by atoms with E-state index < -0.39 is 12.0 Å². The van der Waals surface area contributed by atoms with Crippen LogP contribution in [0.25, 0.3) is 0 Å². The number of carboxylic acids is 1. The second kappa shape index (κ2) is 6.16. The van der Waals surface area contributed by atoms with E-state index in [4.69, 9.17) is 5.11 Å².